The summed E-state index contributed by atoms with van der Waals surface area (Å²) in [7, 11) is 4.11. The van der Waals surface area contributed by atoms with Crippen LogP contribution in [0.3, 0.4) is 0 Å². The third kappa shape index (κ3) is 3.17. The van der Waals surface area contributed by atoms with Gasteiger partial charge in [0.25, 0.3) is 5.91 Å². The van der Waals surface area contributed by atoms with Gasteiger partial charge in [-0.3, -0.25) is 4.79 Å². The number of benzene rings is 1. The number of hydrogen-bond acceptors (Lipinski definition) is 3. The molecule has 1 amide bonds. The van der Waals surface area contributed by atoms with Crippen molar-refractivity contribution in [1.29, 1.82) is 0 Å². The maximum atomic E-state index is 12.4. The van der Waals surface area contributed by atoms with Crippen LogP contribution in [0.4, 0.5) is 0 Å². The fourth-order valence-electron chi connectivity index (χ4n) is 2.55. The zero-order valence-electron chi connectivity index (χ0n) is 11.9. The highest BCUT2D eigenvalue weighted by Crippen LogP contribution is 2.17. The fourth-order valence-corrected chi connectivity index (χ4v) is 2.55. The largest absolute Gasteiger partial charge is 0.478 e. The molecule has 1 fully saturated rings. The first-order valence-electron chi connectivity index (χ1n) is 6.78. The van der Waals surface area contributed by atoms with Crippen LogP contribution in [0.1, 0.15) is 33.6 Å². The Morgan fingerprint density at radius 1 is 1.20 bits per heavy atom. The first-order valence-corrected chi connectivity index (χ1v) is 6.78. The number of carboxylic acids is 1. The minimum absolute atomic E-state index is 0.0784. The average molecular weight is 276 g/mol. The van der Waals surface area contributed by atoms with Crippen LogP contribution in [-0.4, -0.2) is 60.0 Å². The van der Waals surface area contributed by atoms with Crippen molar-refractivity contribution in [2.24, 2.45) is 0 Å². The van der Waals surface area contributed by atoms with Crippen LogP contribution in [0.2, 0.25) is 0 Å². The molecule has 0 bridgehead atoms. The molecule has 1 saturated heterocycles. The van der Waals surface area contributed by atoms with Gasteiger partial charge in [-0.05, 0) is 45.1 Å². The predicted octanol–water partition coefficient (Wildman–Crippen LogP) is 1.55. The van der Waals surface area contributed by atoms with E-state index in [1.54, 1.807) is 17.0 Å². The maximum absolute atomic E-state index is 12.4. The van der Waals surface area contributed by atoms with Gasteiger partial charge < -0.3 is 14.9 Å². The van der Waals surface area contributed by atoms with Crippen LogP contribution in [-0.2, 0) is 0 Å². The van der Waals surface area contributed by atoms with Crippen LogP contribution in [0.5, 0.6) is 0 Å². The van der Waals surface area contributed by atoms with Gasteiger partial charge in [0.2, 0.25) is 0 Å². The molecule has 5 heteroatoms. The van der Waals surface area contributed by atoms with Gasteiger partial charge in [-0.25, -0.2) is 4.79 Å². The standard InChI is InChI=1S/C15H20N2O3/c1-16(2)13-6-8-17(9-7-13)14(18)11-4-3-5-12(10-11)15(19)20/h3-5,10,13H,6-9H2,1-2H3,(H,19,20). The molecule has 2 rings (SSSR count). The monoisotopic (exact) mass is 276 g/mol. The van der Waals surface area contributed by atoms with E-state index in [-0.39, 0.29) is 11.5 Å². The fraction of sp³-hybridized carbons (Fsp3) is 0.467. The first kappa shape index (κ1) is 14.5. The van der Waals surface area contributed by atoms with Crippen LogP contribution in [0, 0.1) is 0 Å². The van der Waals surface area contributed by atoms with Gasteiger partial charge >= 0.3 is 5.97 Å². The van der Waals surface area contributed by atoms with E-state index in [0.29, 0.717) is 11.6 Å². The number of carboxylic acid groups (broad SMARTS) is 1. The summed E-state index contributed by atoms with van der Waals surface area (Å²) >= 11 is 0. The van der Waals surface area contributed by atoms with Gasteiger partial charge in [-0.15, -0.1) is 0 Å². The molecule has 0 atom stereocenters. The summed E-state index contributed by atoms with van der Waals surface area (Å²) in [6.45, 7) is 1.44. The van der Waals surface area contributed by atoms with Crippen molar-refractivity contribution in [3.8, 4) is 0 Å². The lowest BCUT2D eigenvalue weighted by atomic mass is 10.0. The van der Waals surface area contributed by atoms with E-state index in [0.717, 1.165) is 25.9 Å². The van der Waals surface area contributed by atoms with Gasteiger partial charge in [-0.2, -0.15) is 0 Å². The molecule has 0 radical (unpaired) electrons. The molecule has 0 aromatic heterocycles. The second kappa shape index (κ2) is 6.05. The molecule has 0 spiro atoms. The van der Waals surface area contributed by atoms with E-state index in [9.17, 15) is 9.59 Å². The van der Waals surface area contributed by atoms with Crippen molar-refractivity contribution in [3.05, 3.63) is 35.4 Å². The van der Waals surface area contributed by atoms with Crippen molar-refractivity contribution in [2.45, 2.75) is 18.9 Å². The number of carbonyl (C=O) groups excluding carboxylic acids is 1. The first-order chi connectivity index (χ1) is 9.49. The van der Waals surface area contributed by atoms with Crippen LogP contribution < -0.4 is 0 Å². The second-order valence-corrected chi connectivity index (χ2v) is 5.37. The molecule has 1 heterocycles. The van der Waals surface area contributed by atoms with Gasteiger partial charge in [0.1, 0.15) is 0 Å². The minimum Gasteiger partial charge on any atom is -0.478 e. The van der Waals surface area contributed by atoms with E-state index < -0.39 is 5.97 Å². The summed E-state index contributed by atoms with van der Waals surface area (Å²) in [5.74, 6) is -1.09. The summed E-state index contributed by atoms with van der Waals surface area (Å²) < 4.78 is 0. The number of likely N-dealkylation sites (tertiary alicyclic amines) is 1. The predicted molar refractivity (Wildman–Crippen MR) is 76.0 cm³/mol. The molecular weight excluding hydrogens is 256 g/mol. The Kier molecular flexibility index (Phi) is 4.39. The molecule has 0 saturated carbocycles. The third-order valence-electron chi connectivity index (χ3n) is 3.84. The zero-order chi connectivity index (χ0) is 14.7. The Morgan fingerprint density at radius 2 is 1.80 bits per heavy atom. The van der Waals surface area contributed by atoms with Crippen LogP contribution in [0.15, 0.2) is 24.3 Å². The van der Waals surface area contributed by atoms with E-state index in [4.69, 9.17) is 5.11 Å². The normalized spacial score (nSPS) is 16.4. The van der Waals surface area contributed by atoms with Crippen molar-refractivity contribution in [2.75, 3.05) is 27.2 Å². The van der Waals surface area contributed by atoms with Crippen molar-refractivity contribution in [3.63, 3.8) is 0 Å². The Hall–Kier alpha value is -1.88. The molecule has 0 aliphatic carbocycles. The highest BCUT2D eigenvalue weighted by molar-refractivity contribution is 5.97. The SMILES string of the molecule is CN(C)C1CCN(C(=O)c2cccc(C(=O)O)c2)CC1. The molecular formula is C15H20N2O3. The summed E-state index contributed by atoms with van der Waals surface area (Å²) in [6.07, 6.45) is 1.91. The molecule has 20 heavy (non-hydrogen) atoms. The Bertz CT molecular complexity index is 506. The minimum atomic E-state index is -1.01. The number of hydrogen-bond donors (Lipinski definition) is 1. The van der Waals surface area contributed by atoms with Crippen molar-refractivity contribution >= 4 is 11.9 Å². The van der Waals surface area contributed by atoms with Crippen LogP contribution in [0.25, 0.3) is 0 Å². The number of aromatic carboxylic acids is 1. The number of amides is 1. The molecule has 108 valence electrons. The van der Waals surface area contributed by atoms with Gasteiger partial charge in [0.15, 0.2) is 0 Å². The lowest BCUT2D eigenvalue weighted by Gasteiger charge is -2.35. The average Bonchev–Trinajstić information content (AvgIpc) is 2.46. The molecule has 1 N–H and O–H groups in total. The summed E-state index contributed by atoms with van der Waals surface area (Å²) in [4.78, 5) is 27.3. The highest BCUT2D eigenvalue weighted by atomic mass is 16.4. The molecule has 1 aliphatic rings. The van der Waals surface area contributed by atoms with E-state index in [1.807, 2.05) is 0 Å². The maximum Gasteiger partial charge on any atom is 0.335 e. The number of piperidine rings is 1. The molecule has 5 nitrogen and oxygen atoms in total. The number of carbonyl (C=O) groups is 2. The highest BCUT2D eigenvalue weighted by Gasteiger charge is 2.24. The topological polar surface area (TPSA) is 60.9 Å². The van der Waals surface area contributed by atoms with E-state index in [1.165, 1.54) is 12.1 Å². The summed E-state index contributed by atoms with van der Waals surface area (Å²) in [6, 6.07) is 6.75. The quantitative estimate of drug-likeness (QED) is 0.910. The van der Waals surface area contributed by atoms with Gasteiger partial charge in [-0.1, -0.05) is 6.07 Å². The van der Waals surface area contributed by atoms with Crippen LogP contribution >= 0.6 is 0 Å². The number of nitrogens with zero attached hydrogens (tertiary/aromatic N) is 2. The van der Waals surface area contributed by atoms with E-state index in [2.05, 4.69) is 19.0 Å². The summed E-state index contributed by atoms with van der Waals surface area (Å²) in [5, 5.41) is 8.97. The molecule has 0 unspecified atom stereocenters. The Labute approximate surface area is 118 Å². The Morgan fingerprint density at radius 3 is 2.35 bits per heavy atom. The lowest BCUT2D eigenvalue weighted by Crippen LogP contribution is -2.44. The second-order valence-electron chi connectivity index (χ2n) is 5.37. The Balaban J connectivity index is 2.05. The van der Waals surface area contributed by atoms with E-state index >= 15 is 0 Å². The number of rotatable bonds is 3. The molecule has 1 aromatic carbocycles. The molecule has 1 aliphatic heterocycles. The summed E-state index contributed by atoms with van der Waals surface area (Å²) in [5.41, 5.74) is 0.604. The third-order valence-corrected chi connectivity index (χ3v) is 3.84. The van der Waals surface area contributed by atoms with Crippen molar-refractivity contribution in [1.82, 2.24) is 9.80 Å². The van der Waals surface area contributed by atoms with Gasteiger partial charge in [0, 0.05) is 24.7 Å². The van der Waals surface area contributed by atoms with Gasteiger partial charge in [0.05, 0.1) is 5.56 Å². The van der Waals surface area contributed by atoms with Crippen molar-refractivity contribution < 1.29 is 14.7 Å². The zero-order valence-corrected chi connectivity index (χ0v) is 11.9. The lowest BCUT2D eigenvalue weighted by molar-refractivity contribution is 0.0663. The molecule has 1 aromatic rings. The smallest absolute Gasteiger partial charge is 0.335 e.